The SMILES string of the molecule is FC(F)(F)c1cccc(-c2cc3ccccc3nc2N2CCOCC2)c1. The molecule has 0 unspecified atom stereocenters. The van der Waals surface area contributed by atoms with Crippen molar-refractivity contribution in [2.24, 2.45) is 0 Å². The Morgan fingerprint density at radius 1 is 0.923 bits per heavy atom. The number of morpholine rings is 1. The lowest BCUT2D eigenvalue weighted by Crippen LogP contribution is -2.37. The third-order valence-electron chi connectivity index (χ3n) is 4.52. The molecule has 0 spiro atoms. The summed E-state index contributed by atoms with van der Waals surface area (Å²) in [6.07, 6.45) is -4.38. The lowest BCUT2D eigenvalue weighted by molar-refractivity contribution is -0.137. The first kappa shape index (κ1) is 16.8. The number of hydrogen-bond donors (Lipinski definition) is 0. The third-order valence-corrected chi connectivity index (χ3v) is 4.52. The van der Waals surface area contributed by atoms with Crippen LogP contribution in [0.1, 0.15) is 5.56 Å². The summed E-state index contributed by atoms with van der Waals surface area (Å²) in [5.41, 5.74) is 1.39. The van der Waals surface area contributed by atoms with Crippen LogP contribution in [0.25, 0.3) is 22.0 Å². The standard InChI is InChI=1S/C20H17F3N2O/c21-20(22,23)16-6-3-5-14(12-16)17-13-15-4-1-2-7-18(15)24-19(17)25-8-10-26-11-9-25/h1-7,12-13H,8-11H2. The van der Waals surface area contributed by atoms with Crippen LogP contribution in [0, 0.1) is 0 Å². The fraction of sp³-hybridized carbons (Fsp3) is 0.250. The van der Waals surface area contributed by atoms with Crippen LogP contribution in [-0.2, 0) is 10.9 Å². The van der Waals surface area contributed by atoms with E-state index in [0.717, 1.165) is 17.0 Å². The van der Waals surface area contributed by atoms with Gasteiger partial charge in [0.15, 0.2) is 0 Å². The monoisotopic (exact) mass is 358 g/mol. The van der Waals surface area contributed by atoms with Crippen molar-refractivity contribution in [1.82, 2.24) is 4.98 Å². The van der Waals surface area contributed by atoms with Gasteiger partial charge in [0.05, 0.1) is 24.3 Å². The van der Waals surface area contributed by atoms with E-state index in [9.17, 15) is 13.2 Å². The maximum absolute atomic E-state index is 13.1. The number of nitrogens with zero attached hydrogens (tertiary/aromatic N) is 2. The van der Waals surface area contributed by atoms with Gasteiger partial charge >= 0.3 is 6.18 Å². The number of rotatable bonds is 2. The summed E-state index contributed by atoms with van der Waals surface area (Å²) in [4.78, 5) is 6.83. The predicted octanol–water partition coefficient (Wildman–Crippen LogP) is 4.76. The van der Waals surface area contributed by atoms with E-state index in [1.807, 2.05) is 30.3 Å². The molecule has 2 aromatic carbocycles. The van der Waals surface area contributed by atoms with Crippen molar-refractivity contribution in [2.45, 2.75) is 6.18 Å². The summed E-state index contributed by atoms with van der Waals surface area (Å²) in [7, 11) is 0. The van der Waals surface area contributed by atoms with E-state index in [2.05, 4.69) is 4.90 Å². The third kappa shape index (κ3) is 3.24. The number of anilines is 1. The maximum Gasteiger partial charge on any atom is 0.416 e. The highest BCUT2D eigenvalue weighted by atomic mass is 19.4. The number of benzene rings is 2. The molecular weight excluding hydrogens is 341 g/mol. The molecule has 0 amide bonds. The molecule has 0 radical (unpaired) electrons. The van der Waals surface area contributed by atoms with Crippen LogP contribution in [-0.4, -0.2) is 31.3 Å². The van der Waals surface area contributed by atoms with E-state index in [-0.39, 0.29) is 0 Å². The molecule has 26 heavy (non-hydrogen) atoms. The van der Waals surface area contributed by atoms with E-state index >= 15 is 0 Å². The highest BCUT2D eigenvalue weighted by molar-refractivity contribution is 5.89. The summed E-state index contributed by atoms with van der Waals surface area (Å²) in [5, 5.41) is 0.900. The van der Waals surface area contributed by atoms with Crippen LogP contribution >= 0.6 is 0 Å². The Hall–Kier alpha value is -2.60. The van der Waals surface area contributed by atoms with E-state index < -0.39 is 11.7 Å². The summed E-state index contributed by atoms with van der Waals surface area (Å²) in [6.45, 7) is 2.49. The van der Waals surface area contributed by atoms with Crippen molar-refractivity contribution in [1.29, 1.82) is 0 Å². The minimum absolute atomic E-state index is 0.513. The van der Waals surface area contributed by atoms with Crippen molar-refractivity contribution >= 4 is 16.7 Å². The molecule has 4 rings (SSSR count). The molecule has 2 heterocycles. The Labute approximate surface area is 149 Å². The lowest BCUT2D eigenvalue weighted by Gasteiger charge is -2.30. The largest absolute Gasteiger partial charge is 0.416 e. The molecule has 134 valence electrons. The number of pyridine rings is 1. The summed E-state index contributed by atoms with van der Waals surface area (Å²) < 4.78 is 44.8. The minimum atomic E-state index is -4.38. The zero-order valence-corrected chi connectivity index (χ0v) is 14.0. The predicted molar refractivity (Wildman–Crippen MR) is 95.2 cm³/mol. The molecule has 1 aliphatic heterocycles. The van der Waals surface area contributed by atoms with Gasteiger partial charge < -0.3 is 9.64 Å². The fourth-order valence-electron chi connectivity index (χ4n) is 3.20. The van der Waals surface area contributed by atoms with Gasteiger partial charge in [-0.05, 0) is 29.8 Å². The maximum atomic E-state index is 13.1. The van der Waals surface area contributed by atoms with E-state index in [1.165, 1.54) is 12.1 Å². The van der Waals surface area contributed by atoms with Gasteiger partial charge in [-0.2, -0.15) is 13.2 Å². The molecule has 1 aliphatic rings. The van der Waals surface area contributed by atoms with Crippen molar-refractivity contribution in [3.8, 4) is 11.1 Å². The number of aromatic nitrogens is 1. The van der Waals surface area contributed by atoms with Crippen LogP contribution in [0.2, 0.25) is 0 Å². The zero-order chi connectivity index (χ0) is 18.1. The number of ether oxygens (including phenoxy) is 1. The first-order valence-electron chi connectivity index (χ1n) is 8.42. The molecule has 3 nitrogen and oxygen atoms in total. The Morgan fingerprint density at radius 2 is 1.69 bits per heavy atom. The van der Waals surface area contributed by atoms with Gasteiger partial charge in [-0.25, -0.2) is 4.98 Å². The smallest absolute Gasteiger partial charge is 0.378 e. The van der Waals surface area contributed by atoms with Gasteiger partial charge in [0.1, 0.15) is 5.82 Å². The van der Waals surface area contributed by atoms with Crippen LogP contribution < -0.4 is 4.90 Å². The average Bonchev–Trinajstić information content (AvgIpc) is 2.67. The Balaban J connectivity index is 1.89. The minimum Gasteiger partial charge on any atom is -0.378 e. The number of para-hydroxylation sites is 1. The topological polar surface area (TPSA) is 25.4 Å². The fourth-order valence-corrected chi connectivity index (χ4v) is 3.20. The average molecular weight is 358 g/mol. The van der Waals surface area contributed by atoms with Crippen LogP contribution in [0.3, 0.4) is 0 Å². The highest BCUT2D eigenvalue weighted by Gasteiger charge is 2.31. The second-order valence-electron chi connectivity index (χ2n) is 6.23. The molecule has 0 atom stereocenters. The molecule has 0 bridgehead atoms. The van der Waals surface area contributed by atoms with Gasteiger partial charge in [-0.15, -0.1) is 0 Å². The first-order valence-corrected chi connectivity index (χ1v) is 8.42. The van der Waals surface area contributed by atoms with E-state index in [4.69, 9.17) is 9.72 Å². The van der Waals surface area contributed by atoms with Gasteiger partial charge in [-0.1, -0.05) is 30.3 Å². The molecule has 3 aromatic rings. The zero-order valence-electron chi connectivity index (χ0n) is 14.0. The lowest BCUT2D eigenvalue weighted by atomic mass is 10.0. The summed E-state index contributed by atoms with van der Waals surface area (Å²) in [5.74, 6) is 0.700. The number of fused-ring (bicyclic) bond motifs is 1. The second kappa shape index (κ2) is 6.61. The summed E-state index contributed by atoms with van der Waals surface area (Å²) >= 11 is 0. The van der Waals surface area contributed by atoms with Crippen LogP contribution in [0.15, 0.2) is 54.6 Å². The van der Waals surface area contributed by atoms with Gasteiger partial charge in [0, 0.05) is 24.0 Å². The van der Waals surface area contributed by atoms with Gasteiger partial charge in [0.2, 0.25) is 0 Å². The Morgan fingerprint density at radius 3 is 2.46 bits per heavy atom. The second-order valence-corrected chi connectivity index (χ2v) is 6.23. The van der Waals surface area contributed by atoms with Crippen molar-refractivity contribution in [2.75, 3.05) is 31.2 Å². The number of alkyl halides is 3. The Bertz CT molecular complexity index is 934. The molecule has 1 saturated heterocycles. The first-order chi connectivity index (χ1) is 12.5. The number of halogens is 3. The van der Waals surface area contributed by atoms with Crippen molar-refractivity contribution in [3.63, 3.8) is 0 Å². The van der Waals surface area contributed by atoms with Crippen LogP contribution in [0.4, 0.5) is 19.0 Å². The number of hydrogen-bond acceptors (Lipinski definition) is 3. The van der Waals surface area contributed by atoms with E-state index in [1.54, 1.807) is 6.07 Å². The van der Waals surface area contributed by atoms with Crippen molar-refractivity contribution in [3.05, 3.63) is 60.2 Å². The van der Waals surface area contributed by atoms with Gasteiger partial charge in [-0.3, -0.25) is 0 Å². The van der Waals surface area contributed by atoms with Crippen molar-refractivity contribution < 1.29 is 17.9 Å². The molecule has 1 fully saturated rings. The summed E-state index contributed by atoms with van der Waals surface area (Å²) in [6, 6.07) is 15.0. The molecule has 6 heteroatoms. The molecule has 0 saturated carbocycles. The molecular formula is C20H17F3N2O. The molecule has 0 aliphatic carbocycles. The quantitative estimate of drug-likeness (QED) is 0.661. The highest BCUT2D eigenvalue weighted by Crippen LogP contribution is 2.36. The molecule has 0 N–H and O–H groups in total. The van der Waals surface area contributed by atoms with Crippen LogP contribution in [0.5, 0.6) is 0 Å². The van der Waals surface area contributed by atoms with Gasteiger partial charge in [0.25, 0.3) is 0 Å². The Kier molecular flexibility index (Phi) is 4.28. The normalized spacial score (nSPS) is 15.4. The molecule has 1 aromatic heterocycles. The van der Waals surface area contributed by atoms with E-state index in [0.29, 0.717) is 43.2 Å².